The normalized spacial score (nSPS) is 13.6. The minimum atomic E-state index is -3.65. The zero-order valence-electron chi connectivity index (χ0n) is 22.6. The Bertz CT molecular complexity index is 1290. The maximum Gasteiger partial charge on any atom is 0.243 e. The molecule has 2 amide bonds. The van der Waals surface area contributed by atoms with Gasteiger partial charge in [0.05, 0.1) is 22.0 Å². The zero-order chi connectivity index (χ0) is 28.7. The number of carbonyl (C=O) groups is 2. The third-order valence-corrected chi connectivity index (χ3v) is 8.05. The van der Waals surface area contributed by atoms with Crippen LogP contribution < -0.4 is 19.1 Å². The van der Waals surface area contributed by atoms with Crippen molar-refractivity contribution in [2.45, 2.75) is 58.7 Å². The Balaban J connectivity index is 1.79. The largest absolute Gasteiger partial charge is 0.486 e. The average Bonchev–Trinajstić information content (AvgIpc) is 2.87. The van der Waals surface area contributed by atoms with Crippen molar-refractivity contribution in [3.63, 3.8) is 0 Å². The maximum absolute atomic E-state index is 13.5. The van der Waals surface area contributed by atoms with Crippen LogP contribution in [0.5, 0.6) is 11.5 Å². The Kier molecular flexibility index (Phi) is 10.7. The summed E-state index contributed by atoms with van der Waals surface area (Å²) in [6.07, 6.45) is 1.79. The van der Waals surface area contributed by atoms with E-state index in [0.29, 0.717) is 46.9 Å². The van der Waals surface area contributed by atoms with Crippen LogP contribution in [-0.2, 0) is 26.2 Å². The second kappa shape index (κ2) is 13.6. The number of rotatable bonds is 12. The van der Waals surface area contributed by atoms with Crippen LogP contribution in [0.1, 0.15) is 45.6 Å². The van der Waals surface area contributed by atoms with Gasteiger partial charge >= 0.3 is 0 Å². The highest BCUT2D eigenvalue weighted by Gasteiger charge is 2.29. The van der Waals surface area contributed by atoms with Gasteiger partial charge < -0.3 is 19.7 Å². The lowest BCUT2D eigenvalue weighted by Crippen LogP contribution is -2.50. The highest BCUT2D eigenvalue weighted by molar-refractivity contribution is 7.92. The maximum atomic E-state index is 13.5. The van der Waals surface area contributed by atoms with Gasteiger partial charge in [-0.05, 0) is 56.5 Å². The monoisotopic (exact) mass is 599 g/mol. The number of halogens is 2. The summed E-state index contributed by atoms with van der Waals surface area (Å²) in [6.45, 7) is 6.57. The second-order valence-corrected chi connectivity index (χ2v) is 12.3. The van der Waals surface area contributed by atoms with Crippen molar-refractivity contribution >= 4 is 50.7 Å². The molecule has 0 saturated heterocycles. The number of ether oxygens (including phenoxy) is 2. The molecule has 1 aliphatic rings. The lowest BCUT2D eigenvalue weighted by Gasteiger charge is -2.31. The molecule has 3 rings (SSSR count). The fourth-order valence-electron chi connectivity index (χ4n) is 4.33. The van der Waals surface area contributed by atoms with Crippen LogP contribution in [0.25, 0.3) is 0 Å². The van der Waals surface area contributed by atoms with Gasteiger partial charge in [0.25, 0.3) is 0 Å². The van der Waals surface area contributed by atoms with Crippen molar-refractivity contribution in [1.29, 1.82) is 0 Å². The molecule has 1 N–H and O–H groups in total. The van der Waals surface area contributed by atoms with Gasteiger partial charge in [-0.25, -0.2) is 8.42 Å². The molecule has 0 radical (unpaired) electrons. The molecule has 0 unspecified atom stereocenters. The van der Waals surface area contributed by atoms with E-state index in [-0.39, 0.29) is 43.8 Å². The molecule has 0 bridgehead atoms. The van der Waals surface area contributed by atoms with Crippen LogP contribution >= 0.6 is 23.2 Å². The van der Waals surface area contributed by atoms with Crippen LogP contribution in [0, 0.1) is 0 Å². The van der Waals surface area contributed by atoms with E-state index in [2.05, 4.69) is 5.32 Å². The van der Waals surface area contributed by atoms with Crippen molar-refractivity contribution < 1.29 is 27.5 Å². The summed E-state index contributed by atoms with van der Waals surface area (Å²) in [6, 6.07) is 9.22. The van der Waals surface area contributed by atoms with Gasteiger partial charge in [0, 0.05) is 31.6 Å². The zero-order valence-corrected chi connectivity index (χ0v) is 24.9. The number of amides is 2. The summed E-state index contributed by atoms with van der Waals surface area (Å²) in [5.74, 6) is 0.493. The molecule has 1 atom stereocenters. The highest BCUT2D eigenvalue weighted by Crippen LogP contribution is 2.35. The van der Waals surface area contributed by atoms with Crippen LogP contribution in [0.4, 0.5) is 5.69 Å². The second-order valence-electron chi connectivity index (χ2n) is 9.62. The summed E-state index contributed by atoms with van der Waals surface area (Å²) in [7, 11) is -3.65. The molecule has 0 aliphatic carbocycles. The van der Waals surface area contributed by atoms with E-state index in [9.17, 15) is 18.0 Å². The number of nitrogens with zero attached hydrogens (tertiary/aromatic N) is 2. The molecule has 9 nitrogen and oxygen atoms in total. The molecule has 0 aromatic heterocycles. The molecule has 0 spiro atoms. The van der Waals surface area contributed by atoms with E-state index in [0.717, 1.165) is 11.8 Å². The summed E-state index contributed by atoms with van der Waals surface area (Å²) < 4.78 is 37.6. The first-order valence-corrected chi connectivity index (χ1v) is 15.4. The number of benzene rings is 2. The van der Waals surface area contributed by atoms with Crippen LogP contribution in [0.3, 0.4) is 0 Å². The van der Waals surface area contributed by atoms with Crippen molar-refractivity contribution in [2.75, 3.05) is 30.3 Å². The predicted octanol–water partition coefficient (Wildman–Crippen LogP) is 4.64. The number of nitrogens with one attached hydrogen (secondary N) is 1. The quantitative estimate of drug-likeness (QED) is 0.381. The van der Waals surface area contributed by atoms with E-state index in [1.807, 2.05) is 20.8 Å². The fourth-order valence-corrected chi connectivity index (χ4v) is 5.60. The molecule has 0 fully saturated rings. The number of anilines is 1. The van der Waals surface area contributed by atoms with E-state index in [1.165, 1.54) is 9.21 Å². The Morgan fingerprint density at radius 2 is 1.72 bits per heavy atom. The summed E-state index contributed by atoms with van der Waals surface area (Å²) in [5, 5.41) is 3.63. The van der Waals surface area contributed by atoms with Crippen molar-refractivity contribution in [2.24, 2.45) is 0 Å². The third kappa shape index (κ3) is 8.40. The van der Waals surface area contributed by atoms with Crippen molar-refractivity contribution in [1.82, 2.24) is 10.2 Å². The predicted molar refractivity (Wildman–Crippen MR) is 153 cm³/mol. The van der Waals surface area contributed by atoms with Crippen LogP contribution in [-0.4, -0.2) is 63.2 Å². The Labute approximate surface area is 240 Å². The van der Waals surface area contributed by atoms with Gasteiger partial charge in [-0.1, -0.05) is 36.2 Å². The fraction of sp³-hybridized carbons (Fsp3) is 0.481. The van der Waals surface area contributed by atoms with E-state index < -0.39 is 16.1 Å². The van der Waals surface area contributed by atoms with Crippen LogP contribution in [0.2, 0.25) is 10.0 Å². The molecule has 2 aromatic rings. The topological polar surface area (TPSA) is 105 Å². The molecule has 39 heavy (non-hydrogen) atoms. The van der Waals surface area contributed by atoms with E-state index in [4.69, 9.17) is 32.7 Å². The minimum Gasteiger partial charge on any atom is -0.486 e. The average molecular weight is 601 g/mol. The molecular formula is C27H35Cl2N3O6S. The first kappa shape index (κ1) is 30.8. The van der Waals surface area contributed by atoms with Gasteiger partial charge in [0.1, 0.15) is 19.3 Å². The molecular weight excluding hydrogens is 565 g/mol. The van der Waals surface area contributed by atoms with Gasteiger partial charge in [0.2, 0.25) is 21.8 Å². The Morgan fingerprint density at radius 3 is 2.33 bits per heavy atom. The SMILES string of the molecule is CC[C@H](C(=O)NC(C)C)N(Cc1ccc(Cl)c(Cl)c1)C(=O)CCCN(c1ccc2c(c1)OCCO2)S(C)(=O)=O. The molecule has 0 saturated carbocycles. The number of carbonyl (C=O) groups excluding carboxylic acids is 2. The summed E-state index contributed by atoms with van der Waals surface area (Å²) in [4.78, 5) is 28.0. The van der Waals surface area contributed by atoms with Gasteiger partial charge in [-0.2, -0.15) is 0 Å². The van der Waals surface area contributed by atoms with Gasteiger partial charge in [-0.3, -0.25) is 13.9 Å². The lowest BCUT2D eigenvalue weighted by molar-refractivity contribution is -0.141. The Morgan fingerprint density at radius 1 is 1.03 bits per heavy atom. The first-order valence-electron chi connectivity index (χ1n) is 12.8. The molecule has 12 heteroatoms. The molecule has 1 heterocycles. The number of sulfonamides is 1. The van der Waals surface area contributed by atoms with E-state index in [1.54, 1.807) is 36.4 Å². The van der Waals surface area contributed by atoms with Crippen molar-refractivity contribution in [3.05, 3.63) is 52.0 Å². The Hall–Kier alpha value is -2.69. The molecule has 1 aliphatic heterocycles. The first-order chi connectivity index (χ1) is 18.4. The van der Waals surface area contributed by atoms with Crippen molar-refractivity contribution in [3.8, 4) is 11.5 Å². The number of fused-ring (bicyclic) bond motifs is 1. The van der Waals surface area contributed by atoms with Gasteiger partial charge in [-0.15, -0.1) is 0 Å². The summed E-state index contributed by atoms with van der Waals surface area (Å²) >= 11 is 12.2. The van der Waals surface area contributed by atoms with Gasteiger partial charge in [0.15, 0.2) is 11.5 Å². The number of hydrogen-bond acceptors (Lipinski definition) is 6. The standard InChI is InChI=1S/C27H35Cl2N3O6S/c1-5-23(27(34)30-18(2)3)31(17-19-8-10-21(28)22(29)15-19)26(33)7-6-12-32(39(4,35)36)20-9-11-24-25(16-20)38-14-13-37-24/h8-11,15-16,18,23H,5-7,12-14,17H2,1-4H3,(H,30,34)/t23-/m1/s1. The smallest absolute Gasteiger partial charge is 0.243 e. The van der Waals surface area contributed by atoms with Crippen LogP contribution in [0.15, 0.2) is 36.4 Å². The van der Waals surface area contributed by atoms with E-state index >= 15 is 0 Å². The highest BCUT2D eigenvalue weighted by atomic mass is 35.5. The number of hydrogen-bond donors (Lipinski definition) is 1. The third-order valence-electron chi connectivity index (χ3n) is 6.12. The minimum absolute atomic E-state index is 0.0311. The molecule has 2 aromatic carbocycles. The molecule has 214 valence electrons. The summed E-state index contributed by atoms with van der Waals surface area (Å²) in [5.41, 5.74) is 1.15. The lowest BCUT2D eigenvalue weighted by atomic mass is 10.1.